The third-order valence-corrected chi connectivity index (χ3v) is 3.08. The Morgan fingerprint density at radius 2 is 2.12 bits per heavy atom. The highest BCUT2D eigenvalue weighted by Gasteiger charge is 2.08. The zero-order valence-corrected chi connectivity index (χ0v) is 10.7. The Balaban J connectivity index is 2.62. The van der Waals surface area contributed by atoms with Gasteiger partial charge in [0.05, 0.1) is 6.61 Å². The van der Waals surface area contributed by atoms with Gasteiger partial charge in [0.2, 0.25) is 5.88 Å². The highest BCUT2D eigenvalue weighted by molar-refractivity contribution is 7.99. The first kappa shape index (κ1) is 13.1. The summed E-state index contributed by atoms with van der Waals surface area (Å²) in [6, 6.07) is 0. The van der Waals surface area contributed by atoms with Gasteiger partial charge in [0.25, 0.3) is 0 Å². The van der Waals surface area contributed by atoms with Gasteiger partial charge < -0.3 is 10.5 Å². The molecule has 0 saturated heterocycles. The molecule has 0 aliphatic carbocycles. The molecule has 0 saturated carbocycles. The number of nitrogens with two attached hydrogens (primary N) is 1. The monoisotopic (exact) mass is 241 g/mol. The number of thioether (sulfide) groups is 1. The number of aromatic nitrogens is 2. The summed E-state index contributed by atoms with van der Waals surface area (Å²) in [5.41, 5.74) is 6.50. The maximum absolute atomic E-state index is 5.94. The average molecular weight is 241 g/mol. The van der Waals surface area contributed by atoms with Crippen molar-refractivity contribution in [2.75, 3.05) is 18.1 Å². The van der Waals surface area contributed by atoms with Crippen LogP contribution in [-0.2, 0) is 0 Å². The lowest BCUT2D eigenvalue weighted by molar-refractivity contribution is 0.305. The van der Waals surface area contributed by atoms with Crippen LogP contribution in [0.2, 0.25) is 0 Å². The van der Waals surface area contributed by atoms with E-state index in [0.29, 0.717) is 18.2 Å². The Hall–Kier alpha value is -0.970. The van der Waals surface area contributed by atoms with Crippen molar-refractivity contribution in [1.82, 2.24) is 9.97 Å². The van der Waals surface area contributed by atoms with Crippen LogP contribution >= 0.6 is 11.8 Å². The van der Waals surface area contributed by atoms with E-state index in [0.717, 1.165) is 17.2 Å². The summed E-state index contributed by atoms with van der Waals surface area (Å²) in [6.45, 7) is 4.86. The Kier molecular flexibility index (Phi) is 6.00. The minimum atomic E-state index is 0.510. The van der Waals surface area contributed by atoms with Crippen molar-refractivity contribution in [3.8, 4) is 5.88 Å². The van der Waals surface area contributed by atoms with E-state index in [1.165, 1.54) is 19.2 Å². The summed E-state index contributed by atoms with van der Waals surface area (Å²) >= 11 is 1.66. The van der Waals surface area contributed by atoms with Crippen molar-refractivity contribution in [1.29, 1.82) is 0 Å². The lowest BCUT2D eigenvalue weighted by Gasteiger charge is -2.09. The Bertz CT molecular complexity index is 320. The Labute approximate surface area is 101 Å². The number of nitrogens with zero attached hydrogens (tertiary/aromatic N) is 2. The van der Waals surface area contributed by atoms with Crippen molar-refractivity contribution in [3.63, 3.8) is 0 Å². The fraction of sp³-hybridized carbons (Fsp3) is 0.636. The SMILES string of the molecule is CCCCSc1ncnc(OCCC)c1N. The predicted octanol–water partition coefficient (Wildman–Crippen LogP) is 2.74. The fourth-order valence-corrected chi connectivity index (χ4v) is 2.10. The first-order valence-electron chi connectivity index (χ1n) is 5.65. The lowest BCUT2D eigenvalue weighted by atomic mass is 10.4. The van der Waals surface area contributed by atoms with E-state index >= 15 is 0 Å². The first-order chi connectivity index (χ1) is 7.79. The molecule has 0 unspecified atom stereocenters. The second-order valence-electron chi connectivity index (χ2n) is 3.45. The first-order valence-corrected chi connectivity index (χ1v) is 6.64. The molecule has 1 heterocycles. The van der Waals surface area contributed by atoms with Gasteiger partial charge in [0.15, 0.2) is 0 Å². The molecule has 16 heavy (non-hydrogen) atoms. The third kappa shape index (κ3) is 3.89. The quantitative estimate of drug-likeness (QED) is 0.452. The number of unbranched alkanes of at least 4 members (excludes halogenated alkanes) is 1. The average Bonchev–Trinajstić information content (AvgIpc) is 2.30. The van der Waals surface area contributed by atoms with E-state index in [1.54, 1.807) is 11.8 Å². The molecule has 0 aromatic carbocycles. The number of hydrogen-bond acceptors (Lipinski definition) is 5. The Morgan fingerprint density at radius 3 is 2.81 bits per heavy atom. The smallest absolute Gasteiger partial charge is 0.241 e. The minimum absolute atomic E-state index is 0.510. The van der Waals surface area contributed by atoms with E-state index < -0.39 is 0 Å². The van der Waals surface area contributed by atoms with Crippen LogP contribution in [0.15, 0.2) is 11.4 Å². The van der Waals surface area contributed by atoms with Crippen LogP contribution in [0.25, 0.3) is 0 Å². The van der Waals surface area contributed by atoms with Crippen molar-refractivity contribution in [2.45, 2.75) is 38.1 Å². The predicted molar refractivity (Wildman–Crippen MR) is 67.9 cm³/mol. The van der Waals surface area contributed by atoms with Gasteiger partial charge in [-0.15, -0.1) is 11.8 Å². The van der Waals surface area contributed by atoms with Crippen LogP contribution in [-0.4, -0.2) is 22.3 Å². The molecule has 0 spiro atoms. The highest BCUT2D eigenvalue weighted by Crippen LogP contribution is 2.29. The molecule has 0 aliphatic rings. The van der Waals surface area contributed by atoms with E-state index in [9.17, 15) is 0 Å². The van der Waals surface area contributed by atoms with Crippen LogP contribution in [0.1, 0.15) is 33.1 Å². The maximum atomic E-state index is 5.94. The topological polar surface area (TPSA) is 61.0 Å². The maximum Gasteiger partial charge on any atom is 0.241 e. The molecule has 0 fully saturated rings. The summed E-state index contributed by atoms with van der Waals surface area (Å²) in [5, 5.41) is 0.828. The lowest BCUT2D eigenvalue weighted by Crippen LogP contribution is -2.03. The zero-order chi connectivity index (χ0) is 11.8. The van der Waals surface area contributed by atoms with Gasteiger partial charge >= 0.3 is 0 Å². The summed E-state index contributed by atoms with van der Waals surface area (Å²) < 4.78 is 5.44. The molecule has 0 radical (unpaired) electrons. The summed E-state index contributed by atoms with van der Waals surface area (Å²) in [4.78, 5) is 8.20. The van der Waals surface area contributed by atoms with E-state index in [-0.39, 0.29) is 0 Å². The second-order valence-corrected chi connectivity index (χ2v) is 4.53. The second kappa shape index (κ2) is 7.33. The largest absolute Gasteiger partial charge is 0.476 e. The third-order valence-electron chi connectivity index (χ3n) is 1.99. The number of nitrogen functional groups attached to an aromatic ring is 1. The molecular formula is C11H19N3OS. The van der Waals surface area contributed by atoms with E-state index in [4.69, 9.17) is 10.5 Å². The van der Waals surface area contributed by atoms with Gasteiger partial charge in [0, 0.05) is 0 Å². The molecule has 4 nitrogen and oxygen atoms in total. The van der Waals surface area contributed by atoms with Crippen LogP contribution in [0.3, 0.4) is 0 Å². The number of ether oxygens (including phenoxy) is 1. The van der Waals surface area contributed by atoms with Crippen LogP contribution in [0.4, 0.5) is 5.69 Å². The molecule has 2 N–H and O–H groups in total. The highest BCUT2D eigenvalue weighted by atomic mass is 32.2. The molecule has 0 atom stereocenters. The molecular weight excluding hydrogens is 222 g/mol. The standard InChI is InChI=1S/C11H19N3OS/c1-3-5-7-16-11-9(12)10(13-8-14-11)15-6-4-2/h8H,3-7,12H2,1-2H3. The summed E-state index contributed by atoms with van der Waals surface area (Å²) in [5.74, 6) is 1.54. The van der Waals surface area contributed by atoms with Gasteiger partial charge in [-0.25, -0.2) is 4.98 Å². The molecule has 0 aliphatic heterocycles. The normalized spacial score (nSPS) is 10.4. The van der Waals surface area contributed by atoms with Crippen LogP contribution < -0.4 is 10.5 Å². The van der Waals surface area contributed by atoms with Crippen molar-refractivity contribution >= 4 is 17.4 Å². The Morgan fingerprint density at radius 1 is 1.31 bits per heavy atom. The van der Waals surface area contributed by atoms with E-state index in [2.05, 4.69) is 16.9 Å². The van der Waals surface area contributed by atoms with Gasteiger partial charge in [-0.3, -0.25) is 0 Å². The van der Waals surface area contributed by atoms with Crippen LogP contribution in [0, 0.1) is 0 Å². The minimum Gasteiger partial charge on any atom is -0.476 e. The van der Waals surface area contributed by atoms with Gasteiger partial charge in [-0.05, 0) is 18.6 Å². The number of rotatable bonds is 7. The molecule has 0 bridgehead atoms. The van der Waals surface area contributed by atoms with Gasteiger partial charge in [-0.1, -0.05) is 20.3 Å². The van der Waals surface area contributed by atoms with Crippen LogP contribution in [0.5, 0.6) is 5.88 Å². The van der Waals surface area contributed by atoms with E-state index in [1.807, 2.05) is 6.92 Å². The molecule has 90 valence electrons. The molecule has 1 aromatic rings. The number of hydrogen-bond donors (Lipinski definition) is 1. The number of anilines is 1. The van der Waals surface area contributed by atoms with Crippen molar-refractivity contribution in [2.24, 2.45) is 0 Å². The van der Waals surface area contributed by atoms with Crippen molar-refractivity contribution < 1.29 is 4.74 Å². The molecule has 1 aromatic heterocycles. The van der Waals surface area contributed by atoms with Gasteiger partial charge in [-0.2, -0.15) is 4.98 Å². The molecule has 0 amide bonds. The molecule has 1 rings (SSSR count). The summed E-state index contributed by atoms with van der Waals surface area (Å²) in [6.07, 6.45) is 4.80. The van der Waals surface area contributed by atoms with Crippen molar-refractivity contribution in [3.05, 3.63) is 6.33 Å². The summed E-state index contributed by atoms with van der Waals surface area (Å²) in [7, 11) is 0. The van der Waals surface area contributed by atoms with Gasteiger partial charge in [0.1, 0.15) is 17.0 Å². The molecule has 5 heteroatoms. The zero-order valence-electron chi connectivity index (χ0n) is 9.90. The fourth-order valence-electron chi connectivity index (χ4n) is 1.11.